The molecule has 0 saturated heterocycles. The highest BCUT2D eigenvalue weighted by Crippen LogP contribution is 2.49. The zero-order chi connectivity index (χ0) is 20.1. The number of nitrogens with two attached hydrogens (primary N) is 1. The summed E-state index contributed by atoms with van der Waals surface area (Å²) >= 11 is 0. The predicted molar refractivity (Wildman–Crippen MR) is 105 cm³/mol. The van der Waals surface area contributed by atoms with Crippen LogP contribution in [0.25, 0.3) is 5.69 Å². The molecule has 3 aromatic rings. The Bertz CT molecular complexity index is 1130. The molecule has 1 aliphatic carbocycles. The van der Waals surface area contributed by atoms with Gasteiger partial charge in [-0.3, -0.25) is 0 Å². The summed E-state index contributed by atoms with van der Waals surface area (Å²) in [5, 5.41) is 18.9. The molecule has 2 aromatic heterocycles. The van der Waals surface area contributed by atoms with E-state index in [0.29, 0.717) is 17.5 Å². The molecule has 3 heterocycles. The second-order valence-corrected chi connectivity index (χ2v) is 7.79. The summed E-state index contributed by atoms with van der Waals surface area (Å²) in [5.74, 6) is 0.725. The fourth-order valence-corrected chi connectivity index (χ4v) is 3.87. The molecule has 5 rings (SSSR count). The predicted octanol–water partition coefficient (Wildman–Crippen LogP) is 3.14. The van der Waals surface area contributed by atoms with Gasteiger partial charge in [-0.05, 0) is 36.5 Å². The lowest BCUT2D eigenvalue weighted by atomic mass is 9.82. The van der Waals surface area contributed by atoms with E-state index in [0.717, 1.165) is 35.3 Å². The van der Waals surface area contributed by atoms with Gasteiger partial charge in [0.1, 0.15) is 24.3 Å². The average molecular weight is 387 g/mol. The van der Waals surface area contributed by atoms with E-state index >= 15 is 0 Å². The van der Waals surface area contributed by atoms with Gasteiger partial charge in [-0.15, -0.1) is 0 Å². The number of benzene rings is 1. The van der Waals surface area contributed by atoms with Gasteiger partial charge >= 0.3 is 0 Å². The van der Waals surface area contributed by atoms with Crippen molar-refractivity contribution >= 4 is 0 Å². The van der Waals surface area contributed by atoms with Crippen LogP contribution in [0, 0.1) is 11.3 Å². The van der Waals surface area contributed by atoms with Crippen LogP contribution in [0.1, 0.15) is 61.4 Å². The van der Waals surface area contributed by atoms with Gasteiger partial charge in [-0.2, -0.15) is 15.5 Å². The maximum atomic E-state index is 9.86. The number of allylic oxidation sites excluding steroid dienone is 1. The third kappa shape index (κ3) is 2.78. The van der Waals surface area contributed by atoms with Gasteiger partial charge in [0.05, 0.1) is 28.9 Å². The third-order valence-electron chi connectivity index (χ3n) is 5.45. The second kappa shape index (κ2) is 6.48. The number of hydrogen-bond donors (Lipinski definition) is 1. The first-order valence-corrected chi connectivity index (χ1v) is 9.73. The highest BCUT2D eigenvalue weighted by Gasteiger charge is 2.40. The van der Waals surface area contributed by atoms with Crippen molar-refractivity contribution < 1.29 is 4.74 Å². The molecule has 2 N–H and O–H groups in total. The summed E-state index contributed by atoms with van der Waals surface area (Å²) in [6.45, 7) is 4.22. The van der Waals surface area contributed by atoms with Gasteiger partial charge in [-0.1, -0.05) is 26.0 Å². The molecule has 2 aliphatic rings. The fourth-order valence-electron chi connectivity index (χ4n) is 3.87. The Hall–Kier alpha value is -3.60. The van der Waals surface area contributed by atoms with Crippen LogP contribution in [-0.2, 0) is 0 Å². The minimum absolute atomic E-state index is 0.155. The molecular formula is C21H21N7O. The number of fused-ring (bicyclic) bond motifs is 1. The maximum absolute atomic E-state index is 9.86. The molecule has 0 amide bonds. The van der Waals surface area contributed by atoms with Crippen molar-refractivity contribution in [3.63, 3.8) is 0 Å². The topological polar surface area (TPSA) is 108 Å². The van der Waals surface area contributed by atoms with E-state index in [-0.39, 0.29) is 17.7 Å². The maximum Gasteiger partial charge on any atom is 0.224 e. The molecule has 1 aliphatic heterocycles. The lowest BCUT2D eigenvalue weighted by molar-refractivity contribution is 0.347. The van der Waals surface area contributed by atoms with Crippen molar-refractivity contribution in [3.8, 4) is 17.6 Å². The quantitative estimate of drug-likeness (QED) is 0.737. The lowest BCUT2D eigenvalue weighted by Gasteiger charge is -2.25. The van der Waals surface area contributed by atoms with Crippen LogP contribution in [0.2, 0.25) is 0 Å². The smallest absolute Gasteiger partial charge is 0.224 e. The van der Waals surface area contributed by atoms with Crippen molar-refractivity contribution in [2.24, 2.45) is 5.73 Å². The van der Waals surface area contributed by atoms with Crippen LogP contribution >= 0.6 is 0 Å². The largest absolute Gasteiger partial charge is 0.422 e. The van der Waals surface area contributed by atoms with Crippen molar-refractivity contribution in [2.75, 3.05) is 0 Å². The van der Waals surface area contributed by atoms with Gasteiger partial charge in [0, 0.05) is 0 Å². The molecule has 8 nitrogen and oxygen atoms in total. The van der Waals surface area contributed by atoms with Gasteiger partial charge in [0.25, 0.3) is 0 Å². The molecule has 1 atom stereocenters. The first-order chi connectivity index (χ1) is 14.1. The van der Waals surface area contributed by atoms with E-state index in [4.69, 9.17) is 15.6 Å². The lowest BCUT2D eigenvalue weighted by Crippen LogP contribution is -2.22. The zero-order valence-electron chi connectivity index (χ0n) is 16.3. The Morgan fingerprint density at radius 2 is 2.00 bits per heavy atom. The summed E-state index contributed by atoms with van der Waals surface area (Å²) in [6.07, 6.45) is 5.32. The summed E-state index contributed by atoms with van der Waals surface area (Å²) in [5.41, 5.74) is 10.4. The van der Waals surface area contributed by atoms with Gasteiger partial charge in [0.2, 0.25) is 11.8 Å². The molecule has 0 bridgehead atoms. The van der Waals surface area contributed by atoms with Crippen molar-refractivity contribution in [2.45, 2.75) is 44.6 Å². The van der Waals surface area contributed by atoms with Gasteiger partial charge < -0.3 is 10.5 Å². The third-order valence-corrected chi connectivity index (χ3v) is 5.45. The molecule has 1 aromatic carbocycles. The van der Waals surface area contributed by atoms with Crippen LogP contribution in [0.5, 0.6) is 5.88 Å². The number of rotatable bonds is 4. The van der Waals surface area contributed by atoms with Crippen molar-refractivity contribution in [1.29, 1.82) is 5.26 Å². The molecule has 0 spiro atoms. The highest BCUT2D eigenvalue weighted by atomic mass is 16.5. The summed E-state index contributed by atoms with van der Waals surface area (Å²) < 4.78 is 9.60. The van der Waals surface area contributed by atoms with E-state index in [1.165, 1.54) is 6.33 Å². The molecule has 146 valence electrons. The van der Waals surface area contributed by atoms with E-state index in [9.17, 15) is 5.26 Å². The van der Waals surface area contributed by atoms with Crippen LogP contribution in [0.4, 0.5) is 0 Å². The molecule has 1 saturated carbocycles. The first-order valence-electron chi connectivity index (χ1n) is 9.73. The number of aromatic nitrogens is 5. The van der Waals surface area contributed by atoms with Crippen LogP contribution in [0.3, 0.4) is 0 Å². The average Bonchev–Trinajstić information content (AvgIpc) is 3.27. The first kappa shape index (κ1) is 17.5. The molecule has 1 unspecified atom stereocenters. The second-order valence-electron chi connectivity index (χ2n) is 7.79. The van der Waals surface area contributed by atoms with Crippen LogP contribution in [0.15, 0.2) is 48.4 Å². The van der Waals surface area contributed by atoms with E-state index in [2.05, 4.69) is 30.0 Å². The van der Waals surface area contributed by atoms with E-state index in [1.54, 1.807) is 11.0 Å². The number of hydrogen-bond acceptors (Lipinski definition) is 6. The van der Waals surface area contributed by atoms with Crippen molar-refractivity contribution in [3.05, 3.63) is 65.2 Å². The molecule has 8 heteroatoms. The van der Waals surface area contributed by atoms with Gasteiger partial charge in [-0.25, -0.2) is 14.3 Å². The zero-order valence-corrected chi connectivity index (χ0v) is 16.3. The van der Waals surface area contributed by atoms with E-state index in [1.807, 2.05) is 28.9 Å². The standard InChI is InChI=1S/C21H21N7O/c1-12(2)19-18-17(13-3-5-14(6-4-13)27-11-24-10-25-27)16(9-22)20(23)29-21(18)28(26-19)15-7-8-15/h3-6,10-12,15,17H,7-8,23H2,1-2H3. The Kier molecular flexibility index (Phi) is 3.91. The Morgan fingerprint density at radius 1 is 1.24 bits per heavy atom. The minimum Gasteiger partial charge on any atom is -0.422 e. The minimum atomic E-state index is -0.307. The monoisotopic (exact) mass is 387 g/mol. The number of ether oxygens (including phenoxy) is 1. The van der Waals surface area contributed by atoms with Crippen LogP contribution < -0.4 is 10.5 Å². The molecule has 1 fully saturated rings. The number of nitriles is 1. The summed E-state index contributed by atoms with van der Waals surface area (Å²) in [4.78, 5) is 3.99. The highest BCUT2D eigenvalue weighted by molar-refractivity contribution is 5.57. The Morgan fingerprint density at radius 3 is 2.59 bits per heavy atom. The number of nitrogens with zero attached hydrogens (tertiary/aromatic N) is 6. The normalized spacial score (nSPS) is 18.5. The fraction of sp³-hybridized carbons (Fsp3) is 0.333. The van der Waals surface area contributed by atoms with Gasteiger partial charge in [0.15, 0.2) is 0 Å². The van der Waals surface area contributed by atoms with E-state index < -0.39 is 0 Å². The Labute approximate surface area is 168 Å². The molecule has 0 radical (unpaired) electrons. The van der Waals surface area contributed by atoms with Crippen molar-refractivity contribution in [1.82, 2.24) is 24.5 Å². The Balaban J connectivity index is 1.67. The molecule has 29 heavy (non-hydrogen) atoms. The SMILES string of the molecule is CC(C)c1nn(C2CC2)c2c1C(c1ccc(-n3cncn3)cc1)C(C#N)=C(N)O2. The summed E-state index contributed by atoms with van der Waals surface area (Å²) in [6, 6.07) is 10.5. The van der Waals surface area contributed by atoms with Crippen LogP contribution in [-0.4, -0.2) is 24.5 Å². The molecular weight excluding hydrogens is 366 g/mol. The summed E-state index contributed by atoms with van der Waals surface area (Å²) in [7, 11) is 0.